The van der Waals surface area contributed by atoms with E-state index in [1.807, 2.05) is 31.0 Å². The van der Waals surface area contributed by atoms with Crippen LogP contribution in [0.5, 0.6) is 0 Å². The summed E-state index contributed by atoms with van der Waals surface area (Å²) in [4.78, 5) is 6.41. The minimum Gasteiger partial charge on any atom is -0.355 e. The predicted octanol–water partition coefficient (Wildman–Crippen LogP) is 2.88. The minimum atomic E-state index is -0.222. The second-order valence-corrected chi connectivity index (χ2v) is 4.69. The molecule has 0 radical (unpaired) electrons. The van der Waals surface area contributed by atoms with Crippen LogP contribution in [0.25, 0.3) is 0 Å². The smallest absolute Gasteiger partial charge is 0.133 e. The number of pyridine rings is 1. The molecule has 2 rings (SSSR count). The molecule has 0 amide bonds. The monoisotopic (exact) mass is 259 g/mol. The summed E-state index contributed by atoms with van der Waals surface area (Å²) >= 11 is 0. The third kappa shape index (κ3) is 3.29. The van der Waals surface area contributed by atoms with Gasteiger partial charge in [-0.05, 0) is 30.7 Å². The van der Waals surface area contributed by atoms with Gasteiger partial charge < -0.3 is 10.6 Å². The lowest BCUT2D eigenvalue weighted by Gasteiger charge is -2.22. The molecule has 2 aromatic rings. The van der Waals surface area contributed by atoms with Crippen LogP contribution in [-0.2, 0) is 6.54 Å². The molecule has 0 saturated carbocycles. The molecule has 19 heavy (non-hydrogen) atoms. The van der Waals surface area contributed by atoms with Crippen molar-refractivity contribution in [2.45, 2.75) is 19.5 Å². The topological polar surface area (TPSA) is 42.1 Å². The molecule has 3 nitrogen and oxygen atoms in total. The van der Waals surface area contributed by atoms with Gasteiger partial charge in [0.25, 0.3) is 0 Å². The van der Waals surface area contributed by atoms with Crippen LogP contribution in [0, 0.1) is 5.82 Å². The number of nitrogens with two attached hydrogens (primary N) is 1. The van der Waals surface area contributed by atoms with Crippen LogP contribution in [0.2, 0.25) is 0 Å². The molecule has 2 N–H and O–H groups in total. The number of hydrogen-bond donors (Lipinski definition) is 1. The van der Waals surface area contributed by atoms with Crippen molar-refractivity contribution in [1.29, 1.82) is 0 Å². The molecule has 1 aromatic heterocycles. The van der Waals surface area contributed by atoms with Crippen LogP contribution in [-0.4, -0.2) is 12.0 Å². The van der Waals surface area contributed by atoms with Crippen molar-refractivity contribution in [3.63, 3.8) is 0 Å². The van der Waals surface area contributed by atoms with Crippen molar-refractivity contribution in [3.8, 4) is 0 Å². The van der Waals surface area contributed by atoms with E-state index in [9.17, 15) is 4.39 Å². The van der Waals surface area contributed by atoms with Gasteiger partial charge in [-0.15, -0.1) is 0 Å². The quantitative estimate of drug-likeness (QED) is 0.918. The van der Waals surface area contributed by atoms with Crippen molar-refractivity contribution in [1.82, 2.24) is 4.98 Å². The van der Waals surface area contributed by atoms with Crippen molar-refractivity contribution >= 4 is 5.82 Å². The molecular weight excluding hydrogens is 241 g/mol. The Hall–Kier alpha value is -1.94. The van der Waals surface area contributed by atoms with E-state index in [0.717, 1.165) is 16.9 Å². The van der Waals surface area contributed by atoms with Gasteiger partial charge in [0.05, 0.1) is 0 Å². The first-order valence-corrected chi connectivity index (χ1v) is 6.24. The molecular formula is C15H18FN3. The second-order valence-electron chi connectivity index (χ2n) is 4.69. The molecule has 1 heterocycles. The van der Waals surface area contributed by atoms with Gasteiger partial charge in [0.15, 0.2) is 0 Å². The lowest BCUT2D eigenvalue weighted by atomic mass is 10.1. The Morgan fingerprint density at radius 2 is 1.95 bits per heavy atom. The zero-order chi connectivity index (χ0) is 13.8. The lowest BCUT2D eigenvalue weighted by Crippen LogP contribution is -2.21. The zero-order valence-corrected chi connectivity index (χ0v) is 11.2. The van der Waals surface area contributed by atoms with E-state index >= 15 is 0 Å². The number of rotatable bonds is 4. The largest absolute Gasteiger partial charge is 0.355 e. The first-order valence-electron chi connectivity index (χ1n) is 6.24. The molecule has 4 heteroatoms. The van der Waals surface area contributed by atoms with Crippen molar-refractivity contribution in [2.24, 2.45) is 5.73 Å². The van der Waals surface area contributed by atoms with Crippen LogP contribution in [0.15, 0.2) is 42.6 Å². The van der Waals surface area contributed by atoms with Gasteiger partial charge in [-0.3, -0.25) is 0 Å². The molecule has 100 valence electrons. The van der Waals surface area contributed by atoms with Gasteiger partial charge in [-0.25, -0.2) is 9.37 Å². The van der Waals surface area contributed by atoms with E-state index in [4.69, 9.17) is 5.73 Å². The maximum absolute atomic E-state index is 12.9. The molecule has 1 unspecified atom stereocenters. The predicted molar refractivity (Wildman–Crippen MR) is 75.3 cm³/mol. The molecule has 1 atom stereocenters. The average molecular weight is 259 g/mol. The standard InChI is InChI=1S/C15H18FN3/c1-11(17)14-4-3-9-18-15(14)19(2)10-12-5-7-13(16)8-6-12/h3-9,11H,10,17H2,1-2H3. The minimum absolute atomic E-state index is 0.0700. The van der Waals surface area contributed by atoms with Crippen molar-refractivity contribution in [3.05, 3.63) is 59.5 Å². The molecule has 0 aliphatic heterocycles. The Morgan fingerprint density at radius 1 is 1.26 bits per heavy atom. The third-order valence-electron chi connectivity index (χ3n) is 3.00. The fourth-order valence-electron chi connectivity index (χ4n) is 2.02. The van der Waals surface area contributed by atoms with Gasteiger partial charge in [-0.2, -0.15) is 0 Å². The summed E-state index contributed by atoms with van der Waals surface area (Å²) in [5, 5.41) is 0. The Balaban J connectivity index is 2.20. The summed E-state index contributed by atoms with van der Waals surface area (Å²) in [6.45, 7) is 2.60. The van der Waals surface area contributed by atoms with Crippen molar-refractivity contribution < 1.29 is 4.39 Å². The third-order valence-corrected chi connectivity index (χ3v) is 3.00. The van der Waals surface area contributed by atoms with Gasteiger partial charge in [-0.1, -0.05) is 18.2 Å². The van der Waals surface area contributed by atoms with Crippen molar-refractivity contribution in [2.75, 3.05) is 11.9 Å². The highest BCUT2D eigenvalue weighted by molar-refractivity contribution is 5.48. The first-order chi connectivity index (χ1) is 9.08. The summed E-state index contributed by atoms with van der Waals surface area (Å²) in [6.07, 6.45) is 1.75. The Labute approximate surface area is 112 Å². The Bertz CT molecular complexity index is 537. The molecule has 0 bridgehead atoms. The second kappa shape index (κ2) is 5.80. The van der Waals surface area contributed by atoms with Gasteiger partial charge in [0.2, 0.25) is 0 Å². The lowest BCUT2D eigenvalue weighted by molar-refractivity contribution is 0.627. The Kier molecular flexibility index (Phi) is 4.12. The van der Waals surface area contributed by atoms with E-state index in [1.54, 1.807) is 18.3 Å². The van der Waals surface area contributed by atoms with E-state index < -0.39 is 0 Å². The summed E-state index contributed by atoms with van der Waals surface area (Å²) in [7, 11) is 1.96. The van der Waals surface area contributed by atoms with E-state index in [2.05, 4.69) is 4.98 Å². The number of anilines is 1. The number of aromatic nitrogens is 1. The highest BCUT2D eigenvalue weighted by Crippen LogP contribution is 2.22. The number of nitrogens with zero attached hydrogens (tertiary/aromatic N) is 2. The van der Waals surface area contributed by atoms with Crippen LogP contribution < -0.4 is 10.6 Å². The Morgan fingerprint density at radius 3 is 2.58 bits per heavy atom. The SMILES string of the molecule is CC(N)c1cccnc1N(C)Cc1ccc(F)cc1. The van der Waals surface area contributed by atoms with Crippen LogP contribution in [0.3, 0.4) is 0 Å². The van der Waals surface area contributed by atoms with Gasteiger partial charge in [0.1, 0.15) is 11.6 Å². The highest BCUT2D eigenvalue weighted by atomic mass is 19.1. The van der Waals surface area contributed by atoms with Gasteiger partial charge in [0, 0.05) is 31.4 Å². The highest BCUT2D eigenvalue weighted by Gasteiger charge is 2.11. The fraction of sp³-hybridized carbons (Fsp3) is 0.267. The fourth-order valence-corrected chi connectivity index (χ4v) is 2.02. The molecule has 0 spiro atoms. The maximum Gasteiger partial charge on any atom is 0.133 e. The molecule has 0 saturated heterocycles. The molecule has 0 aliphatic rings. The zero-order valence-electron chi connectivity index (χ0n) is 11.2. The van der Waals surface area contributed by atoms with E-state index in [-0.39, 0.29) is 11.9 Å². The normalized spacial score (nSPS) is 12.2. The van der Waals surface area contributed by atoms with E-state index in [1.165, 1.54) is 12.1 Å². The van der Waals surface area contributed by atoms with Gasteiger partial charge >= 0.3 is 0 Å². The van der Waals surface area contributed by atoms with Crippen LogP contribution in [0.4, 0.5) is 10.2 Å². The van der Waals surface area contributed by atoms with Crippen LogP contribution >= 0.6 is 0 Å². The summed E-state index contributed by atoms with van der Waals surface area (Å²) < 4.78 is 12.9. The maximum atomic E-state index is 12.9. The number of halogens is 1. The number of hydrogen-bond acceptors (Lipinski definition) is 3. The first kappa shape index (κ1) is 13.5. The number of benzene rings is 1. The molecule has 0 fully saturated rings. The molecule has 1 aromatic carbocycles. The summed E-state index contributed by atoms with van der Waals surface area (Å²) in [5.74, 6) is 0.641. The average Bonchev–Trinajstić information content (AvgIpc) is 2.41. The van der Waals surface area contributed by atoms with E-state index in [0.29, 0.717) is 6.54 Å². The summed E-state index contributed by atoms with van der Waals surface area (Å²) in [6, 6.07) is 10.3. The summed E-state index contributed by atoms with van der Waals surface area (Å²) in [5.41, 5.74) is 7.99. The van der Waals surface area contributed by atoms with Crippen LogP contribution in [0.1, 0.15) is 24.1 Å². The molecule has 0 aliphatic carbocycles.